The number of aromatic nitrogens is 4. The normalized spacial score (nSPS) is 10.1. The largest absolute Gasteiger partial charge is 0.453 e. The molecule has 0 fully saturated rings. The fourth-order valence-electron chi connectivity index (χ4n) is 0.917. The van der Waals surface area contributed by atoms with Crippen LogP contribution in [0.2, 0.25) is 0 Å². The number of ether oxygens (including phenoxy) is 1. The standard InChI is InChI=1S/C7H6N5O2/c1-14-7(13)9-6-11-10-5-3-2-4-8-12(5)6/h2-3H,1H3,(H,9,11,13). The number of amides is 1. The Balaban J connectivity index is 2.38. The quantitative estimate of drug-likeness (QED) is 0.693. The van der Waals surface area contributed by atoms with E-state index in [9.17, 15) is 4.79 Å². The minimum absolute atomic E-state index is 0.198. The molecule has 2 heterocycles. The molecule has 2 aromatic rings. The molecule has 0 bridgehead atoms. The second-order valence-electron chi connectivity index (χ2n) is 2.37. The zero-order valence-corrected chi connectivity index (χ0v) is 7.26. The summed E-state index contributed by atoms with van der Waals surface area (Å²) < 4.78 is 5.75. The zero-order chi connectivity index (χ0) is 9.97. The number of carbonyl (C=O) groups excluding carboxylic acids is 1. The highest BCUT2D eigenvalue weighted by atomic mass is 16.5. The van der Waals surface area contributed by atoms with Crippen molar-refractivity contribution in [2.24, 2.45) is 0 Å². The topological polar surface area (TPSA) is 81.4 Å². The number of anilines is 1. The minimum atomic E-state index is -0.620. The van der Waals surface area contributed by atoms with Gasteiger partial charge in [0.2, 0.25) is 0 Å². The van der Waals surface area contributed by atoms with Gasteiger partial charge in [0.05, 0.1) is 7.11 Å². The van der Waals surface area contributed by atoms with E-state index in [0.29, 0.717) is 5.65 Å². The number of fused-ring (bicyclic) bond motifs is 1. The Bertz CT molecular complexity index is 466. The molecule has 0 spiro atoms. The molecular formula is C7H6N5O2. The maximum atomic E-state index is 10.9. The molecule has 2 rings (SSSR count). The van der Waals surface area contributed by atoms with Crippen LogP contribution in [-0.2, 0) is 4.74 Å². The number of hydrogen-bond acceptors (Lipinski definition) is 5. The summed E-state index contributed by atoms with van der Waals surface area (Å²) >= 11 is 0. The maximum absolute atomic E-state index is 10.9. The van der Waals surface area contributed by atoms with Crippen molar-refractivity contribution in [3.05, 3.63) is 18.3 Å². The molecule has 0 saturated carbocycles. The van der Waals surface area contributed by atoms with Gasteiger partial charge in [-0.15, -0.1) is 10.2 Å². The minimum Gasteiger partial charge on any atom is -0.453 e. The van der Waals surface area contributed by atoms with E-state index in [2.05, 4.69) is 31.5 Å². The van der Waals surface area contributed by atoms with Crippen molar-refractivity contribution in [3.8, 4) is 0 Å². The van der Waals surface area contributed by atoms with Gasteiger partial charge in [-0.25, -0.2) is 4.79 Å². The van der Waals surface area contributed by atoms with Crippen LogP contribution in [0.3, 0.4) is 0 Å². The lowest BCUT2D eigenvalue weighted by Gasteiger charge is -1.98. The first kappa shape index (κ1) is 8.42. The summed E-state index contributed by atoms with van der Waals surface area (Å²) in [5.74, 6) is 0.198. The molecule has 14 heavy (non-hydrogen) atoms. The third kappa shape index (κ3) is 1.35. The Labute approximate surface area is 78.7 Å². The molecule has 0 saturated heterocycles. The summed E-state index contributed by atoms with van der Waals surface area (Å²) in [4.78, 5) is 10.9. The van der Waals surface area contributed by atoms with E-state index in [1.54, 1.807) is 12.1 Å². The van der Waals surface area contributed by atoms with Crippen molar-refractivity contribution in [1.82, 2.24) is 19.8 Å². The molecule has 0 unspecified atom stereocenters. The lowest BCUT2D eigenvalue weighted by atomic mass is 10.6. The molecule has 0 aliphatic carbocycles. The Hall–Kier alpha value is -2.18. The molecular weight excluding hydrogens is 186 g/mol. The van der Waals surface area contributed by atoms with Gasteiger partial charge in [0.1, 0.15) is 6.20 Å². The molecule has 0 atom stereocenters. The second-order valence-corrected chi connectivity index (χ2v) is 2.37. The van der Waals surface area contributed by atoms with Crippen molar-refractivity contribution in [1.29, 1.82) is 0 Å². The van der Waals surface area contributed by atoms with E-state index in [4.69, 9.17) is 0 Å². The average Bonchev–Trinajstić information content (AvgIpc) is 2.62. The summed E-state index contributed by atoms with van der Waals surface area (Å²) in [6.07, 6.45) is 1.97. The summed E-state index contributed by atoms with van der Waals surface area (Å²) in [5, 5.41) is 13.7. The first-order valence-electron chi connectivity index (χ1n) is 3.75. The predicted octanol–water partition coefficient (Wildman–Crippen LogP) is 0.103. The van der Waals surface area contributed by atoms with Gasteiger partial charge < -0.3 is 4.74 Å². The highest BCUT2D eigenvalue weighted by Gasteiger charge is 2.08. The van der Waals surface area contributed by atoms with Gasteiger partial charge in [-0.05, 0) is 12.1 Å². The van der Waals surface area contributed by atoms with Crippen LogP contribution in [0.1, 0.15) is 0 Å². The van der Waals surface area contributed by atoms with Gasteiger partial charge >= 0.3 is 6.09 Å². The summed E-state index contributed by atoms with van der Waals surface area (Å²) in [7, 11) is 1.26. The van der Waals surface area contributed by atoms with Gasteiger partial charge in [0.15, 0.2) is 5.65 Å². The van der Waals surface area contributed by atoms with Crippen molar-refractivity contribution in [2.75, 3.05) is 12.4 Å². The molecule has 2 aromatic heterocycles. The van der Waals surface area contributed by atoms with E-state index >= 15 is 0 Å². The van der Waals surface area contributed by atoms with Crippen LogP contribution in [-0.4, -0.2) is 33.0 Å². The molecule has 0 aromatic carbocycles. The van der Waals surface area contributed by atoms with Gasteiger partial charge in [0.25, 0.3) is 5.95 Å². The van der Waals surface area contributed by atoms with E-state index in [1.807, 2.05) is 0 Å². The fraction of sp³-hybridized carbons (Fsp3) is 0.143. The average molecular weight is 192 g/mol. The summed E-state index contributed by atoms with van der Waals surface area (Å²) in [6, 6.07) is 3.27. The molecule has 0 aliphatic rings. The molecule has 1 radical (unpaired) electrons. The SMILES string of the molecule is COC(=O)Nc1nnc2cc[c]nn12. The van der Waals surface area contributed by atoms with Crippen LogP contribution in [0.25, 0.3) is 5.65 Å². The van der Waals surface area contributed by atoms with Crippen molar-refractivity contribution in [3.63, 3.8) is 0 Å². The molecule has 0 aliphatic heterocycles. The van der Waals surface area contributed by atoms with E-state index < -0.39 is 6.09 Å². The summed E-state index contributed by atoms with van der Waals surface area (Å²) in [5.41, 5.74) is 0.523. The van der Waals surface area contributed by atoms with Crippen LogP contribution in [0.4, 0.5) is 10.7 Å². The number of rotatable bonds is 1. The van der Waals surface area contributed by atoms with Crippen LogP contribution in [0.15, 0.2) is 12.1 Å². The highest BCUT2D eigenvalue weighted by Crippen LogP contribution is 2.04. The van der Waals surface area contributed by atoms with Crippen LogP contribution in [0.5, 0.6) is 0 Å². The lowest BCUT2D eigenvalue weighted by Crippen LogP contribution is -2.14. The van der Waals surface area contributed by atoms with Crippen molar-refractivity contribution >= 4 is 17.7 Å². The second kappa shape index (κ2) is 3.29. The van der Waals surface area contributed by atoms with Gasteiger partial charge in [-0.1, -0.05) is 0 Å². The smallest absolute Gasteiger partial charge is 0.413 e. The first-order valence-corrected chi connectivity index (χ1v) is 3.75. The molecule has 7 nitrogen and oxygen atoms in total. The number of methoxy groups -OCH3 is 1. The molecule has 1 amide bonds. The Kier molecular flexibility index (Phi) is 1.98. The van der Waals surface area contributed by atoms with Crippen LogP contribution < -0.4 is 5.32 Å². The van der Waals surface area contributed by atoms with Gasteiger partial charge in [0, 0.05) is 0 Å². The third-order valence-electron chi connectivity index (χ3n) is 1.53. The Morgan fingerprint density at radius 1 is 1.64 bits per heavy atom. The van der Waals surface area contributed by atoms with Crippen molar-refractivity contribution < 1.29 is 9.53 Å². The fourth-order valence-corrected chi connectivity index (χ4v) is 0.917. The molecule has 1 N–H and O–H groups in total. The Morgan fingerprint density at radius 3 is 3.29 bits per heavy atom. The maximum Gasteiger partial charge on any atom is 0.413 e. The van der Waals surface area contributed by atoms with E-state index in [0.717, 1.165) is 0 Å². The van der Waals surface area contributed by atoms with Gasteiger partial charge in [-0.2, -0.15) is 9.61 Å². The van der Waals surface area contributed by atoms with Gasteiger partial charge in [-0.3, -0.25) is 5.32 Å². The molecule has 71 valence electrons. The zero-order valence-electron chi connectivity index (χ0n) is 7.26. The van der Waals surface area contributed by atoms with Crippen molar-refractivity contribution in [2.45, 2.75) is 0 Å². The third-order valence-corrected chi connectivity index (χ3v) is 1.53. The highest BCUT2D eigenvalue weighted by molar-refractivity contribution is 5.82. The van der Waals surface area contributed by atoms with E-state index in [-0.39, 0.29) is 5.95 Å². The number of carbonyl (C=O) groups is 1. The molecule has 7 heteroatoms. The predicted molar refractivity (Wildman–Crippen MR) is 45.6 cm³/mol. The summed E-state index contributed by atoms with van der Waals surface area (Å²) in [6.45, 7) is 0. The van der Waals surface area contributed by atoms with E-state index in [1.165, 1.54) is 11.6 Å². The van der Waals surface area contributed by atoms with Crippen LogP contribution >= 0.6 is 0 Å². The lowest BCUT2D eigenvalue weighted by molar-refractivity contribution is 0.186. The number of nitrogens with zero attached hydrogens (tertiary/aromatic N) is 4. The first-order chi connectivity index (χ1) is 6.81. The Morgan fingerprint density at radius 2 is 2.50 bits per heavy atom. The van der Waals surface area contributed by atoms with Crippen LogP contribution in [0, 0.1) is 6.20 Å². The monoisotopic (exact) mass is 192 g/mol. The number of hydrogen-bond donors (Lipinski definition) is 1. The number of nitrogens with one attached hydrogen (secondary N) is 1.